The molecule has 1 aliphatic rings. The summed E-state index contributed by atoms with van der Waals surface area (Å²) in [6.45, 7) is 1.44. The number of carbonyl (C=O) groups excluding carboxylic acids is 1. The summed E-state index contributed by atoms with van der Waals surface area (Å²) in [4.78, 5) is 23.5. The van der Waals surface area contributed by atoms with Crippen molar-refractivity contribution in [2.24, 2.45) is 0 Å². The van der Waals surface area contributed by atoms with Crippen LogP contribution in [0.15, 0.2) is 28.7 Å². The zero-order valence-electron chi connectivity index (χ0n) is 14.3. The van der Waals surface area contributed by atoms with E-state index in [1.165, 1.54) is 39.0 Å². The third-order valence-electron chi connectivity index (χ3n) is 4.64. The number of benzene rings is 1. The highest BCUT2D eigenvalue weighted by Crippen LogP contribution is 2.35. The van der Waals surface area contributed by atoms with Crippen molar-refractivity contribution >= 4 is 34.6 Å². The first-order valence-corrected chi connectivity index (χ1v) is 9.77. The SMILES string of the molecule is C[C@@H](NC(=O)c1oc2ccccc2c1CSC1CCCCC1)C(=O)O. The molecule has 1 fully saturated rings. The van der Waals surface area contributed by atoms with Gasteiger partial charge in [0.2, 0.25) is 0 Å². The van der Waals surface area contributed by atoms with Gasteiger partial charge in [0.1, 0.15) is 11.6 Å². The van der Waals surface area contributed by atoms with Crippen molar-refractivity contribution < 1.29 is 19.1 Å². The average Bonchev–Trinajstić information content (AvgIpc) is 2.99. The number of para-hydroxylation sites is 1. The fourth-order valence-electron chi connectivity index (χ4n) is 3.18. The van der Waals surface area contributed by atoms with E-state index in [0.29, 0.717) is 16.6 Å². The van der Waals surface area contributed by atoms with Crippen LogP contribution in [0.2, 0.25) is 0 Å². The molecular formula is C19H23NO4S. The molecule has 0 radical (unpaired) electrons. The van der Waals surface area contributed by atoms with Crippen molar-refractivity contribution in [3.63, 3.8) is 0 Å². The Balaban J connectivity index is 1.83. The van der Waals surface area contributed by atoms with Crippen LogP contribution in [-0.4, -0.2) is 28.3 Å². The lowest BCUT2D eigenvalue weighted by molar-refractivity contribution is -0.138. The molecule has 3 rings (SSSR count). The van der Waals surface area contributed by atoms with E-state index in [0.717, 1.165) is 10.9 Å². The Hall–Kier alpha value is -1.95. The average molecular weight is 361 g/mol. The Morgan fingerprint density at radius 2 is 2.00 bits per heavy atom. The van der Waals surface area contributed by atoms with Gasteiger partial charge in [0.15, 0.2) is 5.76 Å². The van der Waals surface area contributed by atoms with Gasteiger partial charge in [-0.05, 0) is 25.8 Å². The minimum atomic E-state index is -1.07. The van der Waals surface area contributed by atoms with Gasteiger partial charge in [0, 0.05) is 22.0 Å². The number of carboxylic acid groups (broad SMARTS) is 1. The van der Waals surface area contributed by atoms with Crippen LogP contribution in [-0.2, 0) is 10.5 Å². The second kappa shape index (κ2) is 7.95. The monoisotopic (exact) mass is 361 g/mol. The van der Waals surface area contributed by atoms with Crippen LogP contribution in [0.3, 0.4) is 0 Å². The van der Waals surface area contributed by atoms with Crippen LogP contribution >= 0.6 is 11.8 Å². The molecule has 1 aromatic heterocycles. The fraction of sp³-hybridized carbons (Fsp3) is 0.474. The van der Waals surface area contributed by atoms with Crippen molar-refractivity contribution in [2.45, 2.75) is 56.1 Å². The molecule has 1 amide bonds. The molecule has 2 aromatic rings. The topological polar surface area (TPSA) is 79.5 Å². The number of carbonyl (C=O) groups is 2. The molecule has 0 spiro atoms. The molecular weight excluding hydrogens is 338 g/mol. The number of hydrogen-bond donors (Lipinski definition) is 2. The van der Waals surface area contributed by atoms with Gasteiger partial charge in [-0.3, -0.25) is 9.59 Å². The Kier molecular flexibility index (Phi) is 5.68. The van der Waals surface area contributed by atoms with Crippen LogP contribution in [0.25, 0.3) is 11.0 Å². The number of fused-ring (bicyclic) bond motifs is 1. The van der Waals surface area contributed by atoms with E-state index in [1.54, 1.807) is 0 Å². The third kappa shape index (κ3) is 4.18. The maximum absolute atomic E-state index is 12.5. The normalized spacial score (nSPS) is 16.7. The van der Waals surface area contributed by atoms with E-state index in [1.807, 2.05) is 36.0 Å². The molecule has 1 aromatic carbocycles. The lowest BCUT2D eigenvalue weighted by Gasteiger charge is -2.20. The maximum atomic E-state index is 12.5. The molecule has 2 N–H and O–H groups in total. The first-order chi connectivity index (χ1) is 12.1. The summed E-state index contributed by atoms with van der Waals surface area (Å²) in [6.07, 6.45) is 6.29. The number of nitrogens with one attached hydrogen (secondary N) is 1. The molecule has 1 atom stereocenters. The van der Waals surface area contributed by atoms with Gasteiger partial charge in [-0.2, -0.15) is 11.8 Å². The summed E-state index contributed by atoms with van der Waals surface area (Å²) >= 11 is 1.87. The highest BCUT2D eigenvalue weighted by Gasteiger charge is 2.24. The van der Waals surface area contributed by atoms with Gasteiger partial charge in [0.25, 0.3) is 5.91 Å². The van der Waals surface area contributed by atoms with Gasteiger partial charge < -0.3 is 14.8 Å². The molecule has 1 aliphatic carbocycles. The first-order valence-electron chi connectivity index (χ1n) is 8.72. The number of carboxylic acids is 1. The Labute approximate surface area is 151 Å². The van der Waals surface area contributed by atoms with Crippen LogP contribution < -0.4 is 5.32 Å². The molecule has 25 heavy (non-hydrogen) atoms. The third-order valence-corrected chi connectivity index (χ3v) is 6.04. The molecule has 5 nitrogen and oxygen atoms in total. The Morgan fingerprint density at radius 1 is 1.28 bits per heavy atom. The van der Waals surface area contributed by atoms with Gasteiger partial charge in [-0.25, -0.2) is 0 Å². The number of furan rings is 1. The lowest BCUT2D eigenvalue weighted by atomic mass is 10.0. The zero-order chi connectivity index (χ0) is 17.8. The molecule has 0 bridgehead atoms. The molecule has 0 saturated heterocycles. The van der Waals surface area contributed by atoms with Crippen molar-refractivity contribution in [1.29, 1.82) is 0 Å². The number of amides is 1. The Bertz CT molecular complexity index is 764. The van der Waals surface area contributed by atoms with Crippen LogP contribution in [0.5, 0.6) is 0 Å². The van der Waals surface area contributed by atoms with E-state index in [2.05, 4.69) is 5.32 Å². The lowest BCUT2D eigenvalue weighted by Crippen LogP contribution is -2.38. The number of hydrogen-bond acceptors (Lipinski definition) is 4. The first kappa shape index (κ1) is 17.9. The van der Waals surface area contributed by atoms with E-state index < -0.39 is 17.9 Å². The summed E-state index contributed by atoms with van der Waals surface area (Å²) < 4.78 is 5.76. The number of aliphatic carboxylic acids is 1. The van der Waals surface area contributed by atoms with Gasteiger partial charge >= 0.3 is 5.97 Å². The molecule has 1 saturated carbocycles. The van der Waals surface area contributed by atoms with E-state index in [-0.39, 0.29) is 5.76 Å². The molecule has 0 unspecified atom stereocenters. The fourth-order valence-corrected chi connectivity index (χ4v) is 4.54. The summed E-state index contributed by atoms with van der Waals surface area (Å²) in [5.74, 6) is -0.600. The van der Waals surface area contributed by atoms with Crippen LogP contribution in [0, 0.1) is 0 Å². The van der Waals surface area contributed by atoms with E-state index in [9.17, 15) is 9.59 Å². The highest BCUT2D eigenvalue weighted by atomic mass is 32.2. The second-order valence-corrected chi connectivity index (χ2v) is 7.80. The van der Waals surface area contributed by atoms with Crippen molar-refractivity contribution in [1.82, 2.24) is 5.32 Å². The minimum Gasteiger partial charge on any atom is -0.480 e. The number of thioether (sulfide) groups is 1. The van der Waals surface area contributed by atoms with Gasteiger partial charge in [0.05, 0.1) is 0 Å². The van der Waals surface area contributed by atoms with Gasteiger partial charge in [-0.15, -0.1) is 0 Å². The molecule has 1 heterocycles. The summed E-state index contributed by atoms with van der Waals surface area (Å²) in [5, 5.41) is 13.1. The minimum absolute atomic E-state index is 0.234. The summed E-state index contributed by atoms with van der Waals surface area (Å²) in [6, 6.07) is 6.62. The summed E-state index contributed by atoms with van der Waals surface area (Å²) in [7, 11) is 0. The van der Waals surface area contributed by atoms with Crippen molar-refractivity contribution in [2.75, 3.05) is 0 Å². The number of rotatable bonds is 6. The quantitative estimate of drug-likeness (QED) is 0.806. The standard InChI is InChI=1S/C19H23NO4S/c1-12(19(22)23)20-18(21)17-15(11-25-13-7-3-2-4-8-13)14-9-5-6-10-16(14)24-17/h5-6,9-10,12-13H,2-4,7-8,11H2,1H3,(H,20,21)(H,22,23)/t12-/m1/s1. The molecule has 6 heteroatoms. The van der Waals surface area contributed by atoms with Crippen LogP contribution in [0.1, 0.15) is 55.1 Å². The predicted molar refractivity (Wildman–Crippen MR) is 98.9 cm³/mol. The Morgan fingerprint density at radius 3 is 2.72 bits per heavy atom. The predicted octanol–water partition coefficient (Wildman–Crippen LogP) is 4.20. The van der Waals surface area contributed by atoms with Crippen LogP contribution in [0.4, 0.5) is 0 Å². The largest absolute Gasteiger partial charge is 0.480 e. The van der Waals surface area contributed by atoms with Gasteiger partial charge in [-0.1, -0.05) is 37.5 Å². The molecule has 134 valence electrons. The maximum Gasteiger partial charge on any atom is 0.325 e. The smallest absolute Gasteiger partial charge is 0.325 e. The van der Waals surface area contributed by atoms with Crippen molar-refractivity contribution in [3.05, 3.63) is 35.6 Å². The van der Waals surface area contributed by atoms with Crippen molar-refractivity contribution in [3.8, 4) is 0 Å². The van der Waals surface area contributed by atoms with E-state index >= 15 is 0 Å². The molecule has 0 aliphatic heterocycles. The summed E-state index contributed by atoms with van der Waals surface area (Å²) in [5.41, 5.74) is 1.52. The second-order valence-electron chi connectivity index (χ2n) is 6.51. The highest BCUT2D eigenvalue weighted by molar-refractivity contribution is 7.99. The van der Waals surface area contributed by atoms with E-state index in [4.69, 9.17) is 9.52 Å². The zero-order valence-corrected chi connectivity index (χ0v) is 15.1.